The second kappa shape index (κ2) is 8.57. The largest absolute Gasteiger partial charge is 0.508 e. The molecular weight excluding hydrogens is 338 g/mol. The molecule has 0 aliphatic carbocycles. The summed E-state index contributed by atoms with van der Waals surface area (Å²) in [6.45, 7) is 0. The fourth-order valence-corrected chi connectivity index (χ4v) is 1.13. The van der Waals surface area contributed by atoms with Crippen LogP contribution in [-0.4, -0.2) is 10.2 Å². The van der Waals surface area contributed by atoms with Gasteiger partial charge >= 0.3 is 0 Å². The van der Waals surface area contributed by atoms with Gasteiger partial charge in [-0.25, -0.2) is 0 Å². The van der Waals surface area contributed by atoms with E-state index in [0.29, 0.717) is 10.0 Å². The van der Waals surface area contributed by atoms with Crippen LogP contribution in [-0.2, 0) is 26.2 Å². The van der Waals surface area contributed by atoms with E-state index in [1.807, 2.05) is 0 Å². The van der Waals surface area contributed by atoms with E-state index in [-0.39, 0.29) is 37.7 Å². The molecule has 2 nitrogen and oxygen atoms in total. The minimum atomic E-state index is 0. The van der Waals surface area contributed by atoms with E-state index < -0.39 is 0 Å². The van der Waals surface area contributed by atoms with Gasteiger partial charge in [0.05, 0.1) is 0 Å². The number of hydrogen-bond acceptors (Lipinski definition) is 2. The van der Waals surface area contributed by atoms with Crippen molar-refractivity contribution in [1.29, 1.82) is 0 Å². The summed E-state index contributed by atoms with van der Waals surface area (Å²) < 4.78 is 0. The topological polar surface area (TPSA) is 40.5 Å². The van der Waals surface area contributed by atoms with E-state index in [0.717, 1.165) is 0 Å². The molecule has 0 spiro atoms. The normalized spacial score (nSPS) is 8.59. The van der Waals surface area contributed by atoms with Crippen molar-refractivity contribution < 1.29 is 36.4 Å². The van der Waals surface area contributed by atoms with Gasteiger partial charge in [-0.2, -0.15) is 0 Å². The zero-order valence-corrected chi connectivity index (χ0v) is 12.7. The summed E-state index contributed by atoms with van der Waals surface area (Å²) in [5.74, 6) is 0.490. The van der Waals surface area contributed by atoms with E-state index in [1.165, 1.54) is 0 Å². The van der Waals surface area contributed by atoms with Crippen LogP contribution < -0.4 is 0 Å². The number of phenolic OH excluding ortho intramolecular Hbond substituents is 2. The van der Waals surface area contributed by atoms with Gasteiger partial charge in [0.2, 0.25) is 0 Å². The van der Waals surface area contributed by atoms with Crippen molar-refractivity contribution in [2.24, 2.45) is 0 Å². The van der Waals surface area contributed by atoms with Crippen molar-refractivity contribution in [3.8, 4) is 11.5 Å². The molecule has 0 radical (unpaired) electrons. The van der Waals surface area contributed by atoms with Crippen molar-refractivity contribution in [2.45, 2.75) is 0 Å². The van der Waals surface area contributed by atoms with Crippen molar-refractivity contribution in [1.82, 2.24) is 0 Å². The monoisotopic (exact) mass is 346 g/mol. The summed E-state index contributed by atoms with van der Waals surface area (Å²) >= 11 is 11.0. The molecule has 0 aromatic heterocycles. The molecule has 2 aromatic rings. The molecule has 0 unspecified atom stereocenters. The van der Waals surface area contributed by atoms with Crippen LogP contribution >= 0.6 is 23.2 Å². The summed E-state index contributed by atoms with van der Waals surface area (Å²) in [4.78, 5) is 0. The number of phenols is 2. The third kappa shape index (κ3) is 7.43. The first-order chi connectivity index (χ1) is 7.58. The first kappa shape index (κ1) is 16.5. The summed E-state index contributed by atoms with van der Waals surface area (Å²) in [7, 11) is 0. The maximum atomic E-state index is 8.70. The summed E-state index contributed by atoms with van der Waals surface area (Å²) in [5.41, 5.74) is 0. The van der Waals surface area contributed by atoms with Gasteiger partial charge in [0, 0.05) is 36.2 Å². The molecule has 2 aromatic carbocycles. The zero-order valence-electron chi connectivity index (χ0n) is 8.77. The SMILES string of the molecule is Oc1ccc(Cl)cc1.Oc1ccc(Cl)cc1.[Zr]. The van der Waals surface area contributed by atoms with E-state index in [1.54, 1.807) is 48.5 Å². The van der Waals surface area contributed by atoms with Gasteiger partial charge in [-0.15, -0.1) is 0 Å². The molecule has 5 heteroatoms. The van der Waals surface area contributed by atoms with Gasteiger partial charge in [-0.05, 0) is 48.5 Å². The minimum Gasteiger partial charge on any atom is -0.508 e. The molecule has 0 atom stereocenters. The van der Waals surface area contributed by atoms with Gasteiger partial charge in [0.25, 0.3) is 0 Å². The van der Waals surface area contributed by atoms with Gasteiger partial charge < -0.3 is 10.2 Å². The smallest absolute Gasteiger partial charge is 0.115 e. The Morgan fingerprint density at radius 3 is 1.00 bits per heavy atom. The van der Waals surface area contributed by atoms with Crippen LogP contribution in [0.2, 0.25) is 10.0 Å². The zero-order chi connectivity index (χ0) is 12.0. The molecule has 0 amide bonds. The summed E-state index contributed by atoms with van der Waals surface area (Å²) in [5, 5.41) is 18.7. The molecule has 0 bridgehead atoms. The number of benzene rings is 2. The first-order valence-electron chi connectivity index (χ1n) is 4.47. The van der Waals surface area contributed by atoms with E-state index in [4.69, 9.17) is 33.4 Å². The van der Waals surface area contributed by atoms with Gasteiger partial charge in [0.1, 0.15) is 11.5 Å². The molecule has 2 rings (SSSR count). The fourth-order valence-electron chi connectivity index (χ4n) is 0.882. The molecule has 0 aliphatic heterocycles. The number of halogens is 2. The Labute approximate surface area is 129 Å². The summed E-state index contributed by atoms with van der Waals surface area (Å²) in [6.07, 6.45) is 0. The first-order valence-corrected chi connectivity index (χ1v) is 5.22. The second-order valence-corrected chi connectivity index (χ2v) is 3.83. The third-order valence-corrected chi connectivity index (χ3v) is 2.16. The predicted molar refractivity (Wildman–Crippen MR) is 66.2 cm³/mol. The predicted octanol–water partition coefficient (Wildman–Crippen LogP) is 4.09. The maximum absolute atomic E-state index is 8.70. The fraction of sp³-hybridized carbons (Fsp3) is 0. The van der Waals surface area contributed by atoms with Crippen LogP contribution in [0, 0.1) is 0 Å². The Balaban J connectivity index is 0.000000284. The van der Waals surface area contributed by atoms with Crippen molar-refractivity contribution in [3.63, 3.8) is 0 Å². The number of hydrogen-bond donors (Lipinski definition) is 2. The molecule has 2 N–H and O–H groups in total. The molecule has 0 aliphatic rings. The quantitative estimate of drug-likeness (QED) is 0.753. The summed E-state index contributed by atoms with van der Waals surface area (Å²) in [6, 6.07) is 12.7. The standard InChI is InChI=1S/2C6H5ClO.Zr/c2*7-5-1-3-6(8)4-2-5;/h2*1-4,8H;. The van der Waals surface area contributed by atoms with Crippen LogP contribution in [0.4, 0.5) is 0 Å². The average molecular weight is 348 g/mol. The second-order valence-electron chi connectivity index (χ2n) is 2.95. The van der Waals surface area contributed by atoms with Crippen molar-refractivity contribution in [3.05, 3.63) is 58.6 Å². The maximum Gasteiger partial charge on any atom is 0.115 e. The van der Waals surface area contributed by atoms with Gasteiger partial charge in [-0.1, -0.05) is 23.2 Å². The van der Waals surface area contributed by atoms with Gasteiger partial charge in [0.15, 0.2) is 0 Å². The van der Waals surface area contributed by atoms with E-state index in [2.05, 4.69) is 0 Å². The Hall–Kier alpha value is -0.497. The Morgan fingerprint density at radius 1 is 0.588 bits per heavy atom. The van der Waals surface area contributed by atoms with Crippen molar-refractivity contribution in [2.75, 3.05) is 0 Å². The number of rotatable bonds is 0. The van der Waals surface area contributed by atoms with Crippen LogP contribution in [0.3, 0.4) is 0 Å². The van der Waals surface area contributed by atoms with Crippen LogP contribution in [0.15, 0.2) is 48.5 Å². The Morgan fingerprint density at radius 2 is 0.824 bits per heavy atom. The molecule has 17 heavy (non-hydrogen) atoms. The van der Waals surface area contributed by atoms with Crippen molar-refractivity contribution >= 4 is 23.2 Å². The Bertz CT molecular complexity index is 344. The van der Waals surface area contributed by atoms with Crippen LogP contribution in [0.25, 0.3) is 0 Å². The Kier molecular flexibility index (Phi) is 8.32. The van der Waals surface area contributed by atoms with Gasteiger partial charge in [-0.3, -0.25) is 0 Å². The molecule has 0 saturated carbocycles. The number of aromatic hydroxyl groups is 2. The van der Waals surface area contributed by atoms with Crippen LogP contribution in [0.1, 0.15) is 0 Å². The van der Waals surface area contributed by atoms with E-state index >= 15 is 0 Å². The average Bonchev–Trinajstić information content (AvgIpc) is 2.28. The molecule has 0 saturated heterocycles. The molecule has 0 fully saturated rings. The van der Waals surface area contributed by atoms with E-state index in [9.17, 15) is 0 Å². The third-order valence-electron chi connectivity index (χ3n) is 1.65. The molecular formula is C12H10Cl2O2Zr. The molecule has 88 valence electrons. The minimum absolute atomic E-state index is 0. The molecule has 0 heterocycles. The van der Waals surface area contributed by atoms with Crippen LogP contribution in [0.5, 0.6) is 11.5 Å².